The summed E-state index contributed by atoms with van der Waals surface area (Å²) in [5.74, 6) is 0.951. The predicted molar refractivity (Wildman–Crippen MR) is 71.4 cm³/mol. The molecule has 0 aromatic heterocycles. The Balaban J connectivity index is 1.85. The Kier molecular flexibility index (Phi) is 2.76. The van der Waals surface area contributed by atoms with Gasteiger partial charge in [-0.2, -0.15) is 0 Å². The zero-order chi connectivity index (χ0) is 12.5. The van der Waals surface area contributed by atoms with Gasteiger partial charge >= 0.3 is 0 Å². The zero-order valence-electron chi connectivity index (χ0n) is 9.56. The molecule has 2 aromatic carbocycles. The summed E-state index contributed by atoms with van der Waals surface area (Å²) in [7, 11) is 0. The van der Waals surface area contributed by atoms with Gasteiger partial charge in [-0.3, -0.25) is 0 Å². The minimum Gasteiger partial charge on any atom is -0.508 e. The fourth-order valence-corrected chi connectivity index (χ4v) is 2.29. The van der Waals surface area contributed by atoms with Crippen molar-refractivity contribution in [2.75, 3.05) is 11.9 Å². The number of halogens is 1. The second-order valence-electron chi connectivity index (χ2n) is 4.24. The van der Waals surface area contributed by atoms with Gasteiger partial charge in [-0.25, -0.2) is 0 Å². The number of phenols is 1. The third-order valence-electron chi connectivity index (χ3n) is 2.94. The fourth-order valence-electron chi connectivity index (χ4n) is 2.10. The van der Waals surface area contributed by atoms with Gasteiger partial charge in [-0.05, 0) is 30.3 Å². The van der Waals surface area contributed by atoms with Crippen molar-refractivity contribution in [3.63, 3.8) is 0 Å². The molecule has 2 aromatic rings. The zero-order valence-corrected chi connectivity index (χ0v) is 10.3. The highest BCUT2D eigenvalue weighted by atomic mass is 35.5. The Bertz CT molecular complexity index is 586. The number of benzene rings is 2. The standard InChI is InChI=1S/C14H12ClNO2/c15-9-2-1-3-10(6-9)16-13-8-18-14-7-11(17)4-5-12(13)14/h1-7,13,16-17H,8H2. The number of hydrogen-bond donors (Lipinski definition) is 2. The molecule has 92 valence electrons. The molecule has 1 unspecified atom stereocenters. The van der Waals surface area contributed by atoms with Crippen LogP contribution < -0.4 is 10.1 Å². The molecule has 1 atom stereocenters. The number of hydrogen-bond acceptors (Lipinski definition) is 3. The van der Waals surface area contributed by atoms with E-state index >= 15 is 0 Å². The molecule has 4 heteroatoms. The summed E-state index contributed by atoms with van der Waals surface area (Å²) in [5.41, 5.74) is 2.00. The molecule has 0 spiro atoms. The van der Waals surface area contributed by atoms with E-state index in [1.807, 2.05) is 30.3 Å². The van der Waals surface area contributed by atoms with Crippen LogP contribution in [0.25, 0.3) is 0 Å². The highest BCUT2D eigenvalue weighted by Gasteiger charge is 2.24. The van der Waals surface area contributed by atoms with Crippen molar-refractivity contribution >= 4 is 17.3 Å². The van der Waals surface area contributed by atoms with Crippen LogP contribution in [0.4, 0.5) is 5.69 Å². The summed E-state index contributed by atoms with van der Waals surface area (Å²) >= 11 is 5.95. The summed E-state index contributed by atoms with van der Waals surface area (Å²) in [4.78, 5) is 0. The van der Waals surface area contributed by atoms with Crippen LogP contribution >= 0.6 is 11.6 Å². The van der Waals surface area contributed by atoms with Gasteiger partial charge in [0.25, 0.3) is 0 Å². The van der Waals surface area contributed by atoms with E-state index in [1.165, 1.54) is 0 Å². The normalized spacial score (nSPS) is 17.1. The van der Waals surface area contributed by atoms with Crippen molar-refractivity contribution in [2.45, 2.75) is 6.04 Å². The van der Waals surface area contributed by atoms with Crippen molar-refractivity contribution in [1.82, 2.24) is 0 Å². The summed E-state index contributed by atoms with van der Waals surface area (Å²) in [6.07, 6.45) is 0. The topological polar surface area (TPSA) is 41.5 Å². The van der Waals surface area contributed by atoms with Crippen LogP contribution in [0.1, 0.15) is 11.6 Å². The average Bonchev–Trinajstić information content (AvgIpc) is 2.72. The van der Waals surface area contributed by atoms with Crippen LogP contribution in [-0.2, 0) is 0 Å². The van der Waals surface area contributed by atoms with Crippen LogP contribution in [0.15, 0.2) is 42.5 Å². The lowest BCUT2D eigenvalue weighted by Gasteiger charge is -2.13. The maximum Gasteiger partial charge on any atom is 0.128 e. The SMILES string of the molecule is Oc1ccc2c(c1)OCC2Nc1cccc(Cl)c1. The molecule has 0 aliphatic carbocycles. The van der Waals surface area contributed by atoms with Gasteiger partial charge in [-0.15, -0.1) is 0 Å². The van der Waals surface area contributed by atoms with E-state index in [9.17, 15) is 5.11 Å². The Labute approximate surface area is 110 Å². The number of ether oxygens (including phenoxy) is 1. The van der Waals surface area contributed by atoms with E-state index in [-0.39, 0.29) is 11.8 Å². The third-order valence-corrected chi connectivity index (χ3v) is 3.18. The molecule has 0 bridgehead atoms. The smallest absolute Gasteiger partial charge is 0.128 e. The Morgan fingerprint density at radius 3 is 2.94 bits per heavy atom. The van der Waals surface area contributed by atoms with Crippen molar-refractivity contribution < 1.29 is 9.84 Å². The minimum atomic E-state index is 0.0825. The number of rotatable bonds is 2. The lowest BCUT2D eigenvalue weighted by molar-refractivity contribution is 0.338. The maximum atomic E-state index is 9.39. The Hall–Kier alpha value is -1.87. The molecule has 1 aliphatic heterocycles. The third kappa shape index (κ3) is 2.09. The van der Waals surface area contributed by atoms with E-state index in [2.05, 4.69) is 5.32 Å². The van der Waals surface area contributed by atoms with Crippen LogP contribution in [0.2, 0.25) is 5.02 Å². The lowest BCUT2D eigenvalue weighted by atomic mass is 10.1. The second-order valence-corrected chi connectivity index (χ2v) is 4.68. The Morgan fingerprint density at radius 2 is 2.11 bits per heavy atom. The van der Waals surface area contributed by atoms with Gasteiger partial charge in [0.15, 0.2) is 0 Å². The lowest BCUT2D eigenvalue weighted by Crippen LogP contribution is -2.11. The quantitative estimate of drug-likeness (QED) is 0.868. The van der Waals surface area contributed by atoms with E-state index in [4.69, 9.17) is 16.3 Å². The van der Waals surface area contributed by atoms with E-state index in [0.717, 1.165) is 17.0 Å². The largest absolute Gasteiger partial charge is 0.508 e. The van der Waals surface area contributed by atoms with Gasteiger partial charge in [0.2, 0.25) is 0 Å². The monoisotopic (exact) mass is 261 g/mol. The fraction of sp³-hybridized carbons (Fsp3) is 0.143. The number of phenolic OH excluding ortho intramolecular Hbond substituents is 1. The molecule has 0 saturated heterocycles. The highest BCUT2D eigenvalue weighted by Crippen LogP contribution is 2.36. The van der Waals surface area contributed by atoms with Crippen molar-refractivity contribution in [3.8, 4) is 11.5 Å². The summed E-state index contributed by atoms with van der Waals surface area (Å²) < 4.78 is 5.54. The van der Waals surface area contributed by atoms with Crippen LogP contribution in [-0.4, -0.2) is 11.7 Å². The van der Waals surface area contributed by atoms with Crippen LogP contribution in [0, 0.1) is 0 Å². The summed E-state index contributed by atoms with van der Waals surface area (Å²) in [6.45, 7) is 0.547. The molecule has 3 rings (SSSR count). The van der Waals surface area contributed by atoms with E-state index in [0.29, 0.717) is 11.6 Å². The van der Waals surface area contributed by atoms with E-state index in [1.54, 1.807) is 12.1 Å². The molecular formula is C14H12ClNO2. The molecular weight excluding hydrogens is 250 g/mol. The first-order valence-corrected chi connectivity index (χ1v) is 6.08. The van der Waals surface area contributed by atoms with Gasteiger partial charge in [0.05, 0.1) is 6.04 Å². The Morgan fingerprint density at radius 1 is 1.22 bits per heavy atom. The average molecular weight is 262 g/mol. The van der Waals surface area contributed by atoms with Crippen molar-refractivity contribution in [3.05, 3.63) is 53.1 Å². The van der Waals surface area contributed by atoms with Crippen LogP contribution in [0.3, 0.4) is 0 Å². The maximum absolute atomic E-state index is 9.39. The predicted octanol–water partition coefficient (Wildman–Crippen LogP) is 3.59. The molecule has 18 heavy (non-hydrogen) atoms. The van der Waals surface area contributed by atoms with Gasteiger partial charge in [-0.1, -0.05) is 17.7 Å². The molecule has 2 N–H and O–H groups in total. The molecule has 1 aliphatic rings. The molecule has 1 heterocycles. The number of anilines is 1. The van der Waals surface area contributed by atoms with Gasteiger partial charge in [0.1, 0.15) is 18.1 Å². The highest BCUT2D eigenvalue weighted by molar-refractivity contribution is 6.30. The second kappa shape index (κ2) is 4.42. The minimum absolute atomic E-state index is 0.0825. The van der Waals surface area contributed by atoms with Gasteiger partial charge < -0.3 is 15.2 Å². The first-order valence-electron chi connectivity index (χ1n) is 5.70. The van der Waals surface area contributed by atoms with Crippen molar-refractivity contribution in [1.29, 1.82) is 0 Å². The molecule has 3 nitrogen and oxygen atoms in total. The van der Waals surface area contributed by atoms with E-state index < -0.39 is 0 Å². The first-order chi connectivity index (χ1) is 8.72. The number of fused-ring (bicyclic) bond motifs is 1. The van der Waals surface area contributed by atoms with Gasteiger partial charge in [0, 0.05) is 22.3 Å². The summed E-state index contributed by atoms with van der Waals surface area (Å²) in [5, 5.41) is 13.5. The molecule has 0 radical (unpaired) electrons. The first kappa shape index (κ1) is 11.2. The summed E-state index contributed by atoms with van der Waals surface area (Å²) in [6, 6.07) is 12.8. The molecule has 0 saturated carbocycles. The number of nitrogens with one attached hydrogen (secondary N) is 1. The molecule has 0 amide bonds. The van der Waals surface area contributed by atoms with Crippen molar-refractivity contribution in [2.24, 2.45) is 0 Å². The van der Waals surface area contributed by atoms with Crippen LogP contribution in [0.5, 0.6) is 11.5 Å². The number of aromatic hydroxyl groups is 1. The molecule has 0 fully saturated rings.